The Morgan fingerprint density at radius 2 is 2.50 bits per heavy atom. The number of hydrogen-bond donors (Lipinski definition) is 2. The average molecular weight is 264 g/mol. The molecular weight excluding hydrogens is 248 g/mol. The van der Waals surface area contributed by atoms with Gasteiger partial charge in [0.2, 0.25) is 5.96 Å². The molecule has 1 rings (SSSR count). The van der Waals surface area contributed by atoms with Crippen LogP contribution in [0, 0.1) is 11.5 Å². The molecule has 0 aromatic carbocycles. The molecule has 0 aliphatic heterocycles. The summed E-state index contributed by atoms with van der Waals surface area (Å²) in [5.41, 5.74) is 0.998. The molecule has 0 bridgehead atoms. The van der Waals surface area contributed by atoms with Crippen molar-refractivity contribution in [1.29, 1.82) is 5.26 Å². The van der Waals surface area contributed by atoms with Gasteiger partial charge in [-0.1, -0.05) is 0 Å². The smallest absolute Gasteiger partial charge is 0.204 e. The van der Waals surface area contributed by atoms with E-state index in [-0.39, 0.29) is 0 Å². The Labute approximate surface area is 111 Å². The van der Waals surface area contributed by atoms with Gasteiger partial charge in [0.25, 0.3) is 0 Å². The van der Waals surface area contributed by atoms with E-state index in [2.05, 4.69) is 25.8 Å². The Balaban J connectivity index is 2.04. The molecule has 0 fully saturated rings. The highest BCUT2D eigenvalue weighted by Crippen LogP contribution is 2.09. The number of hydrogen-bond acceptors (Lipinski definition) is 5. The molecule has 6 nitrogen and oxygen atoms in total. The molecule has 0 radical (unpaired) electrons. The van der Waals surface area contributed by atoms with E-state index in [9.17, 15) is 0 Å². The number of aromatic nitrogens is 2. The van der Waals surface area contributed by atoms with Crippen molar-refractivity contribution in [3.63, 3.8) is 0 Å². The summed E-state index contributed by atoms with van der Waals surface area (Å²) in [6.07, 6.45) is 4.50. The average Bonchev–Trinajstić information content (AvgIpc) is 2.42. The Morgan fingerprint density at radius 1 is 1.61 bits per heavy atom. The monoisotopic (exact) mass is 264 g/mol. The SMILES string of the molecule is CN=C(NC#N)NCCCSCc1cccnn1. The summed E-state index contributed by atoms with van der Waals surface area (Å²) in [7, 11) is 1.63. The third-order valence-electron chi connectivity index (χ3n) is 2.03. The maximum absolute atomic E-state index is 8.44. The molecule has 0 aliphatic carbocycles. The van der Waals surface area contributed by atoms with Crippen molar-refractivity contribution in [1.82, 2.24) is 20.8 Å². The molecular formula is C11H16N6S. The summed E-state index contributed by atoms with van der Waals surface area (Å²) in [5, 5.41) is 21.8. The van der Waals surface area contributed by atoms with Crippen molar-refractivity contribution in [2.75, 3.05) is 19.3 Å². The quantitative estimate of drug-likeness (QED) is 0.259. The highest BCUT2D eigenvalue weighted by atomic mass is 32.2. The van der Waals surface area contributed by atoms with E-state index in [1.807, 2.05) is 30.1 Å². The van der Waals surface area contributed by atoms with E-state index < -0.39 is 0 Å². The van der Waals surface area contributed by atoms with E-state index >= 15 is 0 Å². The summed E-state index contributed by atoms with van der Waals surface area (Å²) in [6.45, 7) is 0.787. The number of nitriles is 1. The molecule has 0 unspecified atom stereocenters. The summed E-state index contributed by atoms with van der Waals surface area (Å²) in [5.74, 6) is 2.41. The molecule has 0 aliphatic rings. The van der Waals surface area contributed by atoms with Gasteiger partial charge in [0.15, 0.2) is 6.19 Å². The van der Waals surface area contributed by atoms with Gasteiger partial charge in [0, 0.05) is 25.5 Å². The maximum Gasteiger partial charge on any atom is 0.204 e. The maximum atomic E-state index is 8.44. The highest BCUT2D eigenvalue weighted by Gasteiger charge is 1.96. The number of nitrogens with zero attached hydrogens (tertiary/aromatic N) is 4. The summed E-state index contributed by atoms with van der Waals surface area (Å²) in [4.78, 5) is 3.89. The molecule has 1 heterocycles. The molecule has 7 heteroatoms. The Bertz CT molecular complexity index is 400. The van der Waals surface area contributed by atoms with Gasteiger partial charge in [0.1, 0.15) is 0 Å². The first-order chi connectivity index (χ1) is 8.86. The number of thioether (sulfide) groups is 1. The molecule has 1 aromatic heterocycles. The topological polar surface area (TPSA) is 86.0 Å². The number of guanidine groups is 1. The molecule has 0 spiro atoms. The van der Waals surface area contributed by atoms with Crippen molar-refractivity contribution in [2.24, 2.45) is 4.99 Å². The van der Waals surface area contributed by atoms with Gasteiger partial charge in [-0.15, -0.1) is 0 Å². The van der Waals surface area contributed by atoms with Crippen molar-refractivity contribution in [3.05, 3.63) is 24.0 Å². The highest BCUT2D eigenvalue weighted by molar-refractivity contribution is 7.98. The number of nitrogens with one attached hydrogen (secondary N) is 2. The lowest BCUT2D eigenvalue weighted by atomic mass is 10.4. The Morgan fingerprint density at radius 3 is 3.17 bits per heavy atom. The zero-order valence-corrected chi connectivity index (χ0v) is 11.1. The van der Waals surface area contributed by atoms with Crippen LogP contribution in [-0.4, -0.2) is 35.5 Å². The van der Waals surface area contributed by atoms with Crippen LogP contribution in [0.25, 0.3) is 0 Å². The van der Waals surface area contributed by atoms with E-state index in [0.29, 0.717) is 5.96 Å². The molecule has 1 aromatic rings. The molecule has 2 N–H and O–H groups in total. The van der Waals surface area contributed by atoms with Crippen molar-refractivity contribution >= 4 is 17.7 Å². The van der Waals surface area contributed by atoms with Crippen LogP contribution in [0.15, 0.2) is 23.3 Å². The Hall–Kier alpha value is -1.81. The largest absolute Gasteiger partial charge is 0.356 e. The van der Waals surface area contributed by atoms with E-state index in [0.717, 1.165) is 30.2 Å². The van der Waals surface area contributed by atoms with Crippen LogP contribution in [-0.2, 0) is 5.75 Å². The molecule has 0 atom stereocenters. The third-order valence-corrected chi connectivity index (χ3v) is 3.11. The zero-order chi connectivity index (χ0) is 13.1. The van der Waals surface area contributed by atoms with Gasteiger partial charge in [-0.2, -0.15) is 27.2 Å². The minimum absolute atomic E-state index is 0.511. The van der Waals surface area contributed by atoms with E-state index in [1.165, 1.54) is 0 Å². The van der Waals surface area contributed by atoms with Gasteiger partial charge < -0.3 is 5.32 Å². The van der Waals surface area contributed by atoms with Gasteiger partial charge in [-0.05, 0) is 24.3 Å². The van der Waals surface area contributed by atoms with Crippen LogP contribution in [0.5, 0.6) is 0 Å². The molecule has 0 saturated heterocycles. The lowest BCUT2D eigenvalue weighted by Crippen LogP contribution is -2.35. The fourth-order valence-corrected chi connectivity index (χ4v) is 2.06. The Kier molecular flexibility index (Phi) is 7.32. The lowest BCUT2D eigenvalue weighted by molar-refractivity contribution is 0.826. The minimum atomic E-state index is 0.511. The minimum Gasteiger partial charge on any atom is -0.356 e. The predicted molar refractivity (Wildman–Crippen MR) is 72.9 cm³/mol. The molecule has 96 valence electrons. The fourth-order valence-electron chi connectivity index (χ4n) is 1.20. The van der Waals surface area contributed by atoms with Crippen molar-refractivity contribution < 1.29 is 0 Å². The van der Waals surface area contributed by atoms with Gasteiger partial charge in [-0.25, -0.2) is 0 Å². The summed E-state index contributed by atoms with van der Waals surface area (Å²) < 4.78 is 0. The van der Waals surface area contributed by atoms with Gasteiger partial charge >= 0.3 is 0 Å². The molecule has 0 amide bonds. The first-order valence-corrected chi connectivity index (χ1v) is 6.72. The second-order valence-corrected chi connectivity index (χ2v) is 4.46. The van der Waals surface area contributed by atoms with Crippen molar-refractivity contribution in [3.8, 4) is 6.19 Å². The molecule has 18 heavy (non-hydrogen) atoms. The van der Waals surface area contributed by atoms with Crippen LogP contribution in [0.1, 0.15) is 12.1 Å². The van der Waals surface area contributed by atoms with Gasteiger partial charge in [-0.3, -0.25) is 10.3 Å². The van der Waals surface area contributed by atoms with Crippen LogP contribution >= 0.6 is 11.8 Å². The molecule has 0 saturated carbocycles. The zero-order valence-electron chi connectivity index (χ0n) is 10.3. The van der Waals surface area contributed by atoms with Gasteiger partial charge in [0.05, 0.1) is 5.69 Å². The fraction of sp³-hybridized carbons (Fsp3) is 0.455. The van der Waals surface area contributed by atoms with E-state index in [4.69, 9.17) is 5.26 Å². The number of aliphatic imine (C=N–C) groups is 1. The van der Waals surface area contributed by atoms with E-state index in [1.54, 1.807) is 13.2 Å². The summed E-state index contributed by atoms with van der Waals surface area (Å²) >= 11 is 1.81. The number of rotatable bonds is 6. The van der Waals surface area contributed by atoms with Crippen molar-refractivity contribution in [2.45, 2.75) is 12.2 Å². The third kappa shape index (κ3) is 6.06. The van der Waals surface area contributed by atoms with Crippen LogP contribution < -0.4 is 10.6 Å². The first-order valence-electron chi connectivity index (χ1n) is 5.57. The second-order valence-electron chi connectivity index (χ2n) is 3.36. The lowest BCUT2D eigenvalue weighted by Gasteiger charge is -2.06. The predicted octanol–water partition coefficient (Wildman–Crippen LogP) is 0.746. The normalized spacial score (nSPS) is 10.8. The van der Waals surface area contributed by atoms with Crippen LogP contribution in [0.4, 0.5) is 0 Å². The summed E-state index contributed by atoms with van der Waals surface area (Å²) in [6, 6.07) is 3.86. The first kappa shape index (κ1) is 14.3. The standard InChI is InChI=1S/C11H16N6S/c1-13-11(15-9-12)14-5-3-7-18-8-10-4-2-6-16-17-10/h2,4,6H,3,5,7-8H2,1H3,(H2,13,14,15). The van der Waals surface area contributed by atoms with Crippen LogP contribution in [0.3, 0.4) is 0 Å². The second kappa shape index (κ2) is 9.24. The van der Waals surface area contributed by atoms with Crippen LogP contribution in [0.2, 0.25) is 0 Å².